The van der Waals surface area contributed by atoms with Crippen LogP contribution in [0.25, 0.3) is 21.8 Å². The number of urea groups is 2. The number of fused-ring (bicyclic) bond motifs is 3. The Morgan fingerprint density at radius 3 is 1.90 bits per heavy atom. The van der Waals surface area contributed by atoms with Gasteiger partial charge < -0.3 is 26.3 Å². The lowest BCUT2D eigenvalue weighted by Crippen LogP contribution is -2.29. The van der Waals surface area contributed by atoms with Gasteiger partial charge in [0, 0.05) is 53.4 Å². The van der Waals surface area contributed by atoms with Crippen LogP contribution in [0.2, 0.25) is 0 Å². The lowest BCUT2D eigenvalue weighted by molar-refractivity contribution is 0.251. The van der Waals surface area contributed by atoms with E-state index < -0.39 is 0 Å². The van der Waals surface area contributed by atoms with E-state index in [4.69, 9.17) is 0 Å². The molecule has 0 bridgehead atoms. The largest absolute Gasteiger partial charge is 0.355 e. The molecule has 5 N–H and O–H groups in total. The fourth-order valence-corrected chi connectivity index (χ4v) is 3.22. The number of aromatic nitrogens is 1. The molecule has 0 saturated carbocycles. The zero-order chi connectivity index (χ0) is 20.6. The van der Waals surface area contributed by atoms with Crippen LogP contribution in [0.3, 0.4) is 0 Å². The van der Waals surface area contributed by atoms with Crippen LogP contribution in [0, 0.1) is 0 Å². The second-order valence-corrected chi connectivity index (χ2v) is 7.29. The molecular formula is C21H37N5O2S. The molecule has 0 saturated heterocycles. The van der Waals surface area contributed by atoms with Crippen molar-refractivity contribution < 1.29 is 16.7 Å². The predicted molar refractivity (Wildman–Crippen MR) is 134 cm³/mol. The van der Waals surface area contributed by atoms with Gasteiger partial charge in [0.1, 0.15) is 0 Å². The Hall–Kier alpha value is -2.87. The average molecular weight is 424 g/mol. The topological polar surface area (TPSA) is 98.1 Å². The summed E-state index contributed by atoms with van der Waals surface area (Å²) in [6.45, 7) is 3.32. The Kier molecular flexibility index (Phi) is 7.24. The lowest BCUT2D eigenvalue weighted by atomic mass is 10.1. The summed E-state index contributed by atoms with van der Waals surface area (Å²) in [6, 6.07) is 11.0. The number of carbonyl (C=O) groups excluding carboxylic acids is 2. The number of anilines is 2. The van der Waals surface area contributed by atoms with Crippen LogP contribution >= 0.6 is 12.6 Å². The number of hydrogen-bond donors (Lipinski definition) is 6. The molecule has 0 aliphatic heterocycles. The third-order valence-electron chi connectivity index (χ3n) is 4.55. The molecule has 4 amide bonds. The van der Waals surface area contributed by atoms with Crippen molar-refractivity contribution in [1.82, 2.24) is 15.6 Å². The molecule has 2 aromatic carbocycles. The highest BCUT2D eigenvalue weighted by molar-refractivity contribution is 7.80. The van der Waals surface area contributed by atoms with Gasteiger partial charge in [0.05, 0.1) is 0 Å². The zero-order valence-corrected chi connectivity index (χ0v) is 17.4. The van der Waals surface area contributed by atoms with Crippen LogP contribution in [-0.4, -0.2) is 35.9 Å². The summed E-state index contributed by atoms with van der Waals surface area (Å²) in [5.74, 6) is 0.731. The molecule has 0 aliphatic rings. The Balaban J connectivity index is -0.00000192. The van der Waals surface area contributed by atoms with E-state index in [0.29, 0.717) is 18.8 Å². The van der Waals surface area contributed by atoms with Crippen LogP contribution < -0.4 is 21.3 Å². The monoisotopic (exact) mass is 423 g/mol. The first-order valence-electron chi connectivity index (χ1n) is 9.86. The Bertz CT molecular complexity index is 944. The molecule has 0 aliphatic carbocycles. The average Bonchev–Trinajstić information content (AvgIpc) is 3.06. The summed E-state index contributed by atoms with van der Waals surface area (Å²) >= 11 is 4.13. The fraction of sp³-hybridized carbons (Fsp3) is 0.333. The summed E-state index contributed by atoms with van der Waals surface area (Å²) in [7, 11) is 0. The van der Waals surface area contributed by atoms with E-state index in [9.17, 15) is 9.59 Å². The van der Waals surface area contributed by atoms with Gasteiger partial charge in [-0.25, -0.2) is 9.59 Å². The van der Waals surface area contributed by atoms with Crippen LogP contribution in [0.5, 0.6) is 0 Å². The number of hydrogen-bond acceptors (Lipinski definition) is 3. The molecule has 7 nitrogen and oxygen atoms in total. The molecule has 0 fully saturated rings. The van der Waals surface area contributed by atoms with Crippen molar-refractivity contribution in [2.45, 2.75) is 26.2 Å². The second-order valence-electron chi connectivity index (χ2n) is 6.84. The molecule has 0 spiro atoms. The van der Waals surface area contributed by atoms with Crippen LogP contribution in [0.15, 0.2) is 36.4 Å². The second kappa shape index (κ2) is 10.1. The molecule has 1 heterocycles. The van der Waals surface area contributed by atoms with Crippen LogP contribution in [-0.2, 0) is 0 Å². The molecular weight excluding hydrogens is 386 g/mol. The number of rotatable bonds is 8. The SMILES string of the molecule is CCCCNC(=O)Nc1ccc2[nH]c3ccc(NC(=O)NCCCS)cc3c2c1.[HH].[HH].[HH].[HH].[HH]. The van der Waals surface area contributed by atoms with Crippen LogP contribution in [0.1, 0.15) is 33.3 Å². The Morgan fingerprint density at radius 2 is 1.41 bits per heavy atom. The standard InChI is InChI=1S/C21H27N5O2S.5H2/c1-2-3-9-22-20(27)24-14-5-7-18-16(12-14)17-13-15(6-8-19(17)26-18)25-21(28)23-10-4-11-29;;;;;/h5-8,12-13,26,29H,2-4,9-11H2,1H3,(H2,22,24,27)(H2,23,25,28);5*1H. The highest BCUT2D eigenvalue weighted by Crippen LogP contribution is 2.30. The molecule has 29 heavy (non-hydrogen) atoms. The molecule has 164 valence electrons. The molecule has 0 unspecified atom stereocenters. The molecule has 0 atom stereocenters. The quantitative estimate of drug-likeness (QED) is 0.200. The fourth-order valence-electron chi connectivity index (χ4n) is 3.06. The van der Waals surface area contributed by atoms with Crippen molar-refractivity contribution in [1.29, 1.82) is 0 Å². The summed E-state index contributed by atoms with van der Waals surface area (Å²) in [4.78, 5) is 27.4. The highest BCUT2D eigenvalue weighted by Gasteiger charge is 2.09. The van der Waals surface area contributed by atoms with Gasteiger partial charge in [-0.3, -0.25) is 0 Å². The van der Waals surface area contributed by atoms with Crippen molar-refractivity contribution in [3.8, 4) is 0 Å². The van der Waals surface area contributed by atoms with Gasteiger partial charge in [-0.2, -0.15) is 12.6 Å². The molecule has 1 aromatic heterocycles. The van der Waals surface area contributed by atoms with E-state index in [0.717, 1.165) is 52.5 Å². The number of carbonyl (C=O) groups is 2. The van der Waals surface area contributed by atoms with Gasteiger partial charge in [0.15, 0.2) is 0 Å². The van der Waals surface area contributed by atoms with E-state index in [1.54, 1.807) is 0 Å². The number of thiol groups is 1. The molecule has 0 radical (unpaired) electrons. The van der Waals surface area contributed by atoms with Gasteiger partial charge in [0.2, 0.25) is 0 Å². The van der Waals surface area contributed by atoms with E-state index in [1.807, 2.05) is 36.4 Å². The normalized spacial score (nSPS) is 10.8. The number of H-pyrrole nitrogens is 1. The Labute approximate surface area is 182 Å². The van der Waals surface area contributed by atoms with E-state index in [-0.39, 0.29) is 19.2 Å². The summed E-state index contributed by atoms with van der Waals surface area (Å²) in [5, 5.41) is 13.3. The van der Waals surface area contributed by atoms with E-state index in [2.05, 4.69) is 45.8 Å². The zero-order valence-electron chi connectivity index (χ0n) is 16.5. The van der Waals surface area contributed by atoms with Crippen molar-refractivity contribution in [3.63, 3.8) is 0 Å². The smallest absolute Gasteiger partial charge is 0.319 e. The van der Waals surface area contributed by atoms with Crippen molar-refractivity contribution in [3.05, 3.63) is 36.4 Å². The molecule has 8 heteroatoms. The first kappa shape index (κ1) is 20.9. The number of unbranched alkanes of at least 4 members (excludes halogenated alkanes) is 1. The first-order valence-corrected chi connectivity index (χ1v) is 10.5. The predicted octanol–water partition coefficient (Wildman–Crippen LogP) is 5.91. The van der Waals surface area contributed by atoms with E-state index in [1.165, 1.54) is 0 Å². The van der Waals surface area contributed by atoms with Gasteiger partial charge >= 0.3 is 12.1 Å². The minimum atomic E-state index is -0.239. The maximum Gasteiger partial charge on any atom is 0.319 e. The third-order valence-corrected chi connectivity index (χ3v) is 4.87. The number of benzene rings is 2. The van der Waals surface area contributed by atoms with Gasteiger partial charge in [0.25, 0.3) is 0 Å². The highest BCUT2D eigenvalue weighted by atomic mass is 32.1. The van der Waals surface area contributed by atoms with Crippen molar-refractivity contribution in [2.24, 2.45) is 0 Å². The van der Waals surface area contributed by atoms with Crippen molar-refractivity contribution in [2.75, 3.05) is 29.5 Å². The third kappa shape index (κ3) is 5.57. The molecule has 3 aromatic rings. The lowest BCUT2D eigenvalue weighted by Gasteiger charge is -2.08. The summed E-state index contributed by atoms with van der Waals surface area (Å²) in [5.41, 5.74) is 3.35. The molecule has 3 rings (SSSR count). The number of aromatic amines is 1. The minimum Gasteiger partial charge on any atom is -0.355 e. The minimum absolute atomic E-state index is 0. The maximum atomic E-state index is 12.0. The first-order chi connectivity index (χ1) is 14.1. The van der Waals surface area contributed by atoms with Gasteiger partial charge in [-0.05, 0) is 55.0 Å². The van der Waals surface area contributed by atoms with Gasteiger partial charge in [-0.15, -0.1) is 0 Å². The summed E-state index contributed by atoms with van der Waals surface area (Å²) in [6.07, 6.45) is 2.80. The summed E-state index contributed by atoms with van der Waals surface area (Å²) < 4.78 is 0. The number of nitrogens with one attached hydrogen (secondary N) is 5. The van der Waals surface area contributed by atoms with E-state index >= 15 is 0 Å². The number of amides is 4. The maximum absolute atomic E-state index is 12.0. The van der Waals surface area contributed by atoms with Gasteiger partial charge in [-0.1, -0.05) is 13.3 Å². The van der Waals surface area contributed by atoms with Crippen LogP contribution in [0.4, 0.5) is 21.0 Å². The Morgan fingerprint density at radius 1 is 0.897 bits per heavy atom. The van der Waals surface area contributed by atoms with Crippen molar-refractivity contribution >= 4 is 57.9 Å².